The Morgan fingerprint density at radius 3 is 2.44 bits per heavy atom. The van der Waals surface area contributed by atoms with Gasteiger partial charge in [0.1, 0.15) is 5.69 Å². The van der Waals surface area contributed by atoms with E-state index >= 15 is 0 Å². The Morgan fingerprint density at radius 1 is 1.19 bits per heavy atom. The molecule has 80 valence electrons. The number of aryl methyl sites for hydroxylation is 2. The third-order valence-corrected chi connectivity index (χ3v) is 2.37. The summed E-state index contributed by atoms with van der Waals surface area (Å²) in [4.78, 5) is 0. The van der Waals surface area contributed by atoms with Crippen LogP contribution in [0.3, 0.4) is 0 Å². The Balaban J connectivity index is 2.38. The maximum Gasteiger partial charge on any atom is 0.134 e. The first-order valence-electron chi connectivity index (χ1n) is 5.04. The third kappa shape index (κ3) is 1.91. The summed E-state index contributed by atoms with van der Waals surface area (Å²) >= 11 is 0. The lowest BCUT2D eigenvalue weighted by molar-refractivity contribution is 0.747. The molecule has 16 heavy (non-hydrogen) atoms. The van der Waals surface area contributed by atoms with E-state index in [2.05, 4.69) is 16.9 Å². The van der Waals surface area contributed by atoms with Crippen LogP contribution in [0.25, 0.3) is 0 Å². The van der Waals surface area contributed by atoms with E-state index in [1.165, 1.54) is 0 Å². The molecule has 0 spiro atoms. The largest absolute Gasteiger partial charge is 0.395 e. The van der Waals surface area contributed by atoms with E-state index in [9.17, 15) is 0 Å². The molecule has 0 amide bonds. The summed E-state index contributed by atoms with van der Waals surface area (Å²) in [5.41, 5.74) is 9.10. The van der Waals surface area contributed by atoms with Gasteiger partial charge in [0.05, 0.1) is 11.4 Å². The van der Waals surface area contributed by atoms with Gasteiger partial charge in [-0.3, -0.25) is 4.68 Å². The van der Waals surface area contributed by atoms with E-state index in [4.69, 9.17) is 5.73 Å². The Hall–Kier alpha value is -2.21. The Bertz CT molecular complexity index is 556. The molecule has 1 aromatic heterocycles. The average Bonchev–Trinajstić information content (AvgIpc) is 2.53. The molecule has 2 rings (SSSR count). The monoisotopic (exact) mass is 211 g/mol. The molecule has 0 saturated heterocycles. The standard InChI is InChI=1S/C13H13N3/c1-10-13(14)12(16(2)15-10)9-8-11-6-4-3-5-7-11/h3-7H,14H2,1-2H3. The molecule has 2 aromatic rings. The molecular weight excluding hydrogens is 198 g/mol. The molecule has 0 bridgehead atoms. The minimum Gasteiger partial charge on any atom is -0.395 e. The number of nitrogens with two attached hydrogens (primary N) is 1. The second-order valence-electron chi connectivity index (χ2n) is 3.59. The van der Waals surface area contributed by atoms with Crippen LogP contribution in [0.4, 0.5) is 5.69 Å². The summed E-state index contributed by atoms with van der Waals surface area (Å²) < 4.78 is 1.71. The fourth-order valence-corrected chi connectivity index (χ4v) is 1.48. The second-order valence-corrected chi connectivity index (χ2v) is 3.59. The van der Waals surface area contributed by atoms with Crippen LogP contribution in [0.2, 0.25) is 0 Å². The van der Waals surface area contributed by atoms with Crippen molar-refractivity contribution in [3.8, 4) is 11.8 Å². The predicted molar refractivity (Wildman–Crippen MR) is 64.8 cm³/mol. The van der Waals surface area contributed by atoms with Crippen LogP contribution in [0.1, 0.15) is 17.0 Å². The van der Waals surface area contributed by atoms with E-state index in [1.807, 2.05) is 44.3 Å². The van der Waals surface area contributed by atoms with Gasteiger partial charge in [-0.05, 0) is 25.0 Å². The zero-order valence-electron chi connectivity index (χ0n) is 9.36. The van der Waals surface area contributed by atoms with Crippen molar-refractivity contribution in [1.29, 1.82) is 0 Å². The van der Waals surface area contributed by atoms with Crippen molar-refractivity contribution in [2.75, 3.05) is 5.73 Å². The first-order chi connectivity index (χ1) is 7.68. The highest BCUT2D eigenvalue weighted by molar-refractivity contribution is 5.57. The maximum absolute atomic E-state index is 5.88. The summed E-state index contributed by atoms with van der Waals surface area (Å²) in [5.74, 6) is 6.11. The minimum absolute atomic E-state index is 0.658. The van der Waals surface area contributed by atoms with Crippen molar-refractivity contribution in [1.82, 2.24) is 9.78 Å². The molecule has 0 fully saturated rings. The number of hydrogen-bond donors (Lipinski definition) is 1. The summed E-state index contributed by atoms with van der Waals surface area (Å²) in [5, 5.41) is 4.21. The lowest BCUT2D eigenvalue weighted by Crippen LogP contribution is -1.95. The van der Waals surface area contributed by atoms with Gasteiger partial charge in [-0.2, -0.15) is 5.10 Å². The normalized spacial score (nSPS) is 9.62. The van der Waals surface area contributed by atoms with Crippen molar-refractivity contribution >= 4 is 5.69 Å². The summed E-state index contributed by atoms with van der Waals surface area (Å²) in [6, 6.07) is 9.82. The number of anilines is 1. The van der Waals surface area contributed by atoms with Crippen molar-refractivity contribution in [2.24, 2.45) is 7.05 Å². The summed E-state index contributed by atoms with van der Waals surface area (Å²) in [7, 11) is 1.85. The van der Waals surface area contributed by atoms with Crippen LogP contribution in [0.15, 0.2) is 30.3 Å². The Kier molecular flexibility index (Phi) is 2.65. The number of rotatable bonds is 0. The van der Waals surface area contributed by atoms with E-state index < -0.39 is 0 Å². The van der Waals surface area contributed by atoms with Gasteiger partial charge in [0, 0.05) is 12.6 Å². The lowest BCUT2D eigenvalue weighted by atomic mass is 10.2. The predicted octanol–water partition coefficient (Wildman–Crippen LogP) is 1.71. The zero-order valence-corrected chi connectivity index (χ0v) is 9.36. The SMILES string of the molecule is Cc1nn(C)c(C#Cc2ccccc2)c1N. The van der Waals surface area contributed by atoms with Crippen molar-refractivity contribution in [3.63, 3.8) is 0 Å². The molecule has 3 heteroatoms. The molecule has 0 aliphatic carbocycles. The van der Waals surface area contributed by atoms with Gasteiger partial charge in [-0.1, -0.05) is 24.1 Å². The van der Waals surface area contributed by atoms with E-state index in [0.29, 0.717) is 5.69 Å². The van der Waals surface area contributed by atoms with Crippen LogP contribution >= 0.6 is 0 Å². The van der Waals surface area contributed by atoms with Gasteiger partial charge in [-0.15, -0.1) is 0 Å². The first kappa shape index (κ1) is 10.3. The van der Waals surface area contributed by atoms with Gasteiger partial charge < -0.3 is 5.73 Å². The summed E-state index contributed by atoms with van der Waals surface area (Å²) in [6.45, 7) is 1.88. The minimum atomic E-state index is 0.658. The van der Waals surface area contributed by atoms with Gasteiger partial charge in [0.2, 0.25) is 0 Å². The number of nitrogens with zero attached hydrogens (tertiary/aromatic N) is 2. The highest BCUT2D eigenvalue weighted by Crippen LogP contribution is 2.13. The fourth-order valence-electron chi connectivity index (χ4n) is 1.48. The van der Waals surface area contributed by atoms with Crippen molar-refractivity contribution in [3.05, 3.63) is 47.3 Å². The second kappa shape index (κ2) is 4.11. The van der Waals surface area contributed by atoms with Crippen molar-refractivity contribution < 1.29 is 0 Å². The molecule has 2 N–H and O–H groups in total. The number of hydrogen-bond acceptors (Lipinski definition) is 2. The zero-order chi connectivity index (χ0) is 11.5. The van der Waals surface area contributed by atoms with Crippen LogP contribution < -0.4 is 5.73 Å². The fraction of sp³-hybridized carbons (Fsp3) is 0.154. The number of aromatic nitrogens is 2. The highest BCUT2D eigenvalue weighted by atomic mass is 15.3. The molecule has 0 radical (unpaired) electrons. The quantitative estimate of drug-likeness (QED) is 0.674. The number of benzene rings is 1. The molecule has 0 aliphatic rings. The van der Waals surface area contributed by atoms with Gasteiger partial charge in [-0.25, -0.2) is 0 Å². The molecule has 3 nitrogen and oxygen atoms in total. The van der Waals surface area contributed by atoms with Gasteiger partial charge in [0.25, 0.3) is 0 Å². The van der Waals surface area contributed by atoms with Crippen LogP contribution in [0, 0.1) is 18.8 Å². The Morgan fingerprint density at radius 2 is 1.88 bits per heavy atom. The van der Waals surface area contributed by atoms with Crippen molar-refractivity contribution in [2.45, 2.75) is 6.92 Å². The topological polar surface area (TPSA) is 43.8 Å². The third-order valence-electron chi connectivity index (χ3n) is 2.37. The number of nitrogen functional groups attached to an aromatic ring is 1. The van der Waals surface area contributed by atoms with Crippen LogP contribution in [-0.4, -0.2) is 9.78 Å². The van der Waals surface area contributed by atoms with E-state index in [-0.39, 0.29) is 0 Å². The van der Waals surface area contributed by atoms with E-state index in [0.717, 1.165) is 17.0 Å². The smallest absolute Gasteiger partial charge is 0.134 e. The maximum atomic E-state index is 5.88. The summed E-state index contributed by atoms with van der Waals surface area (Å²) in [6.07, 6.45) is 0. The molecular formula is C13H13N3. The molecule has 1 aromatic carbocycles. The molecule has 0 saturated carbocycles. The average molecular weight is 211 g/mol. The van der Waals surface area contributed by atoms with Crippen LogP contribution in [0.5, 0.6) is 0 Å². The molecule has 0 aliphatic heterocycles. The Labute approximate surface area is 94.9 Å². The lowest BCUT2D eigenvalue weighted by Gasteiger charge is -1.92. The molecule has 0 unspecified atom stereocenters. The molecule has 1 heterocycles. The first-order valence-corrected chi connectivity index (χ1v) is 5.04. The van der Waals surface area contributed by atoms with Gasteiger partial charge in [0.15, 0.2) is 0 Å². The van der Waals surface area contributed by atoms with E-state index in [1.54, 1.807) is 4.68 Å². The van der Waals surface area contributed by atoms with Crippen LogP contribution in [-0.2, 0) is 7.05 Å². The van der Waals surface area contributed by atoms with Gasteiger partial charge >= 0.3 is 0 Å². The highest BCUT2D eigenvalue weighted by Gasteiger charge is 2.06. The molecule has 0 atom stereocenters.